The van der Waals surface area contributed by atoms with Gasteiger partial charge in [0, 0.05) is 12.6 Å². The first-order valence-electron chi connectivity index (χ1n) is 6.50. The number of esters is 1. The highest BCUT2D eigenvalue weighted by atomic mass is 16.5. The number of nitrogens with zero attached hydrogens (tertiary/aromatic N) is 2. The lowest BCUT2D eigenvalue weighted by molar-refractivity contribution is 0.0602. The minimum Gasteiger partial charge on any atom is -0.508 e. The number of phenols is 1. The normalized spacial score (nSPS) is 10.7. The molecule has 0 aliphatic heterocycles. The molecule has 1 N–H and O–H groups in total. The molecule has 21 heavy (non-hydrogen) atoms. The maximum atomic E-state index is 11.7. The van der Waals surface area contributed by atoms with Crippen LogP contribution < -0.4 is 0 Å². The molecule has 0 bridgehead atoms. The number of benzene rings is 1. The van der Waals surface area contributed by atoms with Crippen LogP contribution in [0.4, 0.5) is 0 Å². The monoisotopic (exact) mass is 282 g/mol. The fourth-order valence-electron chi connectivity index (χ4n) is 2.34. The molecular weight excluding hydrogens is 268 g/mol. The van der Waals surface area contributed by atoms with Crippen molar-refractivity contribution in [2.45, 2.75) is 6.42 Å². The molecule has 0 saturated carbocycles. The number of aromatic nitrogens is 2. The van der Waals surface area contributed by atoms with Crippen LogP contribution in [0.15, 0.2) is 48.8 Å². The Balaban J connectivity index is 2.03. The van der Waals surface area contributed by atoms with Gasteiger partial charge >= 0.3 is 5.97 Å². The van der Waals surface area contributed by atoms with Gasteiger partial charge in [0.2, 0.25) is 0 Å². The number of imidazole rings is 1. The van der Waals surface area contributed by atoms with Crippen LogP contribution in [0.25, 0.3) is 5.52 Å². The van der Waals surface area contributed by atoms with Gasteiger partial charge in [-0.05, 0) is 29.8 Å². The third-order valence-corrected chi connectivity index (χ3v) is 3.33. The van der Waals surface area contributed by atoms with E-state index in [4.69, 9.17) is 4.74 Å². The molecule has 5 heteroatoms. The minimum absolute atomic E-state index is 0.226. The van der Waals surface area contributed by atoms with Crippen molar-refractivity contribution in [3.63, 3.8) is 0 Å². The average molecular weight is 282 g/mol. The van der Waals surface area contributed by atoms with Crippen molar-refractivity contribution in [2.24, 2.45) is 0 Å². The van der Waals surface area contributed by atoms with E-state index in [-0.39, 0.29) is 11.7 Å². The average Bonchev–Trinajstić information content (AvgIpc) is 2.90. The summed E-state index contributed by atoms with van der Waals surface area (Å²) in [5.41, 5.74) is 2.14. The number of rotatable bonds is 3. The van der Waals surface area contributed by atoms with E-state index in [9.17, 15) is 9.90 Å². The first-order valence-corrected chi connectivity index (χ1v) is 6.50. The fourth-order valence-corrected chi connectivity index (χ4v) is 2.34. The van der Waals surface area contributed by atoms with Gasteiger partial charge in [0.05, 0.1) is 24.4 Å². The lowest BCUT2D eigenvalue weighted by atomic mass is 10.1. The quantitative estimate of drug-likeness (QED) is 0.749. The van der Waals surface area contributed by atoms with Crippen molar-refractivity contribution in [3.8, 4) is 5.75 Å². The molecule has 106 valence electrons. The Morgan fingerprint density at radius 3 is 2.95 bits per heavy atom. The van der Waals surface area contributed by atoms with Crippen LogP contribution in [0.2, 0.25) is 0 Å². The van der Waals surface area contributed by atoms with Gasteiger partial charge in [0.1, 0.15) is 11.6 Å². The van der Waals surface area contributed by atoms with Crippen LogP contribution in [-0.4, -0.2) is 27.6 Å². The molecule has 3 rings (SSSR count). The van der Waals surface area contributed by atoms with E-state index in [0.29, 0.717) is 17.5 Å². The zero-order valence-corrected chi connectivity index (χ0v) is 11.5. The van der Waals surface area contributed by atoms with Gasteiger partial charge in [-0.25, -0.2) is 9.78 Å². The zero-order valence-electron chi connectivity index (χ0n) is 11.5. The summed E-state index contributed by atoms with van der Waals surface area (Å²) >= 11 is 0. The number of methoxy groups -OCH3 is 1. The van der Waals surface area contributed by atoms with E-state index in [1.807, 2.05) is 16.7 Å². The van der Waals surface area contributed by atoms with Gasteiger partial charge in [0.15, 0.2) is 0 Å². The van der Waals surface area contributed by atoms with Crippen molar-refractivity contribution in [3.05, 3.63) is 65.7 Å². The predicted octanol–water partition coefficient (Wildman–Crippen LogP) is 2.42. The second-order valence-corrected chi connectivity index (χ2v) is 4.69. The molecule has 0 unspecified atom stereocenters. The maximum absolute atomic E-state index is 11.7. The first-order chi connectivity index (χ1) is 10.2. The maximum Gasteiger partial charge on any atom is 0.340 e. The summed E-state index contributed by atoms with van der Waals surface area (Å²) in [5, 5.41) is 9.52. The molecule has 0 amide bonds. The third kappa shape index (κ3) is 2.45. The Bertz CT molecular complexity index is 808. The Kier molecular flexibility index (Phi) is 3.31. The van der Waals surface area contributed by atoms with Gasteiger partial charge in [-0.15, -0.1) is 0 Å². The molecule has 2 heterocycles. The summed E-state index contributed by atoms with van der Waals surface area (Å²) in [6, 6.07) is 10.5. The Morgan fingerprint density at radius 1 is 1.33 bits per heavy atom. The van der Waals surface area contributed by atoms with Crippen LogP contribution in [-0.2, 0) is 11.2 Å². The molecule has 0 aliphatic carbocycles. The number of pyridine rings is 1. The third-order valence-electron chi connectivity index (χ3n) is 3.33. The van der Waals surface area contributed by atoms with Crippen LogP contribution in [0.1, 0.15) is 21.7 Å². The number of hydrogen-bond donors (Lipinski definition) is 1. The molecule has 5 nitrogen and oxygen atoms in total. The van der Waals surface area contributed by atoms with E-state index in [1.54, 1.807) is 36.5 Å². The van der Waals surface area contributed by atoms with Crippen molar-refractivity contribution in [1.82, 2.24) is 9.38 Å². The van der Waals surface area contributed by atoms with Crippen LogP contribution in [0.3, 0.4) is 0 Å². The smallest absolute Gasteiger partial charge is 0.340 e. The Hall–Kier alpha value is -2.82. The van der Waals surface area contributed by atoms with Crippen LogP contribution in [0, 0.1) is 0 Å². The summed E-state index contributed by atoms with van der Waals surface area (Å²) in [6.45, 7) is 0. The lowest BCUT2D eigenvalue weighted by Gasteiger charge is -2.05. The Labute approximate surface area is 121 Å². The molecular formula is C16H14N2O3. The number of carbonyl (C=O) groups is 1. The van der Waals surface area contributed by atoms with E-state index < -0.39 is 0 Å². The second-order valence-electron chi connectivity index (χ2n) is 4.69. The van der Waals surface area contributed by atoms with Gasteiger partial charge in [-0.1, -0.05) is 12.1 Å². The van der Waals surface area contributed by atoms with Crippen molar-refractivity contribution < 1.29 is 14.6 Å². The zero-order chi connectivity index (χ0) is 14.8. The lowest BCUT2D eigenvalue weighted by Crippen LogP contribution is -2.04. The number of phenolic OH excluding ortho intramolecular Hbond substituents is 1. The molecule has 0 fully saturated rings. The molecule has 3 aromatic rings. The summed E-state index contributed by atoms with van der Waals surface area (Å²) in [4.78, 5) is 16.1. The standard InChI is InChI=1S/C16H14N2O3/c1-21-16(20)13-6-3-7-18-14(13)10-17-15(18)9-11-4-2-5-12(19)8-11/h2-8,10,19H,9H2,1H3. The molecule has 0 radical (unpaired) electrons. The second kappa shape index (κ2) is 5.28. The molecule has 0 atom stereocenters. The Morgan fingerprint density at radius 2 is 2.19 bits per heavy atom. The number of fused-ring (bicyclic) bond motifs is 1. The summed E-state index contributed by atoms with van der Waals surface area (Å²) in [5.74, 6) is 0.634. The van der Waals surface area contributed by atoms with Gasteiger partial charge in [-0.2, -0.15) is 0 Å². The number of aromatic hydroxyl groups is 1. The number of hydrogen-bond acceptors (Lipinski definition) is 4. The molecule has 1 aromatic carbocycles. The van der Waals surface area contributed by atoms with Crippen LogP contribution >= 0.6 is 0 Å². The largest absolute Gasteiger partial charge is 0.508 e. The molecule has 0 saturated heterocycles. The minimum atomic E-state index is -0.385. The fraction of sp³-hybridized carbons (Fsp3) is 0.125. The van der Waals surface area contributed by atoms with Gasteiger partial charge in [-0.3, -0.25) is 0 Å². The SMILES string of the molecule is COC(=O)c1cccn2c(Cc3cccc(O)c3)ncc12. The topological polar surface area (TPSA) is 63.8 Å². The molecule has 0 aliphatic rings. The highest BCUT2D eigenvalue weighted by molar-refractivity contribution is 5.96. The highest BCUT2D eigenvalue weighted by Crippen LogP contribution is 2.18. The predicted molar refractivity (Wildman–Crippen MR) is 77.4 cm³/mol. The highest BCUT2D eigenvalue weighted by Gasteiger charge is 2.13. The molecule has 2 aromatic heterocycles. The van der Waals surface area contributed by atoms with E-state index in [2.05, 4.69) is 4.98 Å². The first kappa shape index (κ1) is 13.2. The van der Waals surface area contributed by atoms with Gasteiger partial charge < -0.3 is 14.2 Å². The van der Waals surface area contributed by atoms with E-state index in [1.165, 1.54) is 7.11 Å². The van der Waals surface area contributed by atoms with Crippen molar-refractivity contribution in [1.29, 1.82) is 0 Å². The van der Waals surface area contributed by atoms with Crippen molar-refractivity contribution >= 4 is 11.5 Å². The number of carbonyl (C=O) groups excluding carboxylic acids is 1. The van der Waals surface area contributed by atoms with E-state index in [0.717, 1.165) is 11.4 Å². The van der Waals surface area contributed by atoms with E-state index >= 15 is 0 Å². The van der Waals surface area contributed by atoms with Gasteiger partial charge in [0.25, 0.3) is 0 Å². The van der Waals surface area contributed by atoms with Crippen molar-refractivity contribution in [2.75, 3.05) is 7.11 Å². The molecule has 0 spiro atoms. The summed E-state index contributed by atoms with van der Waals surface area (Å²) in [7, 11) is 1.36. The summed E-state index contributed by atoms with van der Waals surface area (Å²) < 4.78 is 6.63. The summed E-state index contributed by atoms with van der Waals surface area (Å²) in [6.07, 6.45) is 4.07. The number of ether oxygens (including phenoxy) is 1. The van der Waals surface area contributed by atoms with Crippen LogP contribution in [0.5, 0.6) is 5.75 Å².